The molecule has 1 aliphatic rings. The van der Waals surface area contributed by atoms with E-state index in [4.69, 9.17) is 0 Å². The normalized spacial score (nSPS) is 18.5. The van der Waals surface area contributed by atoms with Crippen LogP contribution in [0.25, 0.3) is 0 Å². The van der Waals surface area contributed by atoms with Gasteiger partial charge in [0.1, 0.15) is 0 Å². The van der Waals surface area contributed by atoms with Crippen LogP contribution in [0.2, 0.25) is 0 Å². The lowest BCUT2D eigenvalue weighted by atomic mass is 9.74. The van der Waals surface area contributed by atoms with Crippen LogP contribution >= 0.6 is 15.9 Å². The third-order valence-electron chi connectivity index (χ3n) is 3.82. The number of aryl methyl sites for hydroxylation is 1. The predicted octanol–water partition coefficient (Wildman–Crippen LogP) is 2.84. The van der Waals surface area contributed by atoms with Gasteiger partial charge in [-0.2, -0.15) is 0 Å². The summed E-state index contributed by atoms with van der Waals surface area (Å²) in [6, 6.07) is 8.12. The molecule has 1 fully saturated rings. The first-order valence-electron chi connectivity index (χ1n) is 6.31. The molecule has 2 N–H and O–H groups in total. The van der Waals surface area contributed by atoms with E-state index in [2.05, 4.69) is 33.4 Å². The van der Waals surface area contributed by atoms with Crippen molar-refractivity contribution in [1.29, 1.82) is 0 Å². The van der Waals surface area contributed by atoms with Gasteiger partial charge in [-0.1, -0.05) is 28.1 Å². The van der Waals surface area contributed by atoms with Gasteiger partial charge >= 0.3 is 5.97 Å². The smallest absolute Gasteiger partial charge is 0.309 e. The van der Waals surface area contributed by atoms with Gasteiger partial charge in [0, 0.05) is 4.47 Å². The number of nitrogens with one attached hydrogen (secondary N) is 1. The number of benzene rings is 1. The Morgan fingerprint density at radius 3 is 2.44 bits per heavy atom. The van der Waals surface area contributed by atoms with Gasteiger partial charge in [0.05, 0.1) is 5.41 Å². The van der Waals surface area contributed by atoms with E-state index in [9.17, 15) is 9.90 Å². The van der Waals surface area contributed by atoms with Crippen molar-refractivity contribution in [2.45, 2.75) is 25.7 Å². The van der Waals surface area contributed by atoms with E-state index in [0.717, 1.165) is 43.2 Å². The number of aliphatic carboxylic acids is 1. The molecule has 1 saturated heterocycles. The summed E-state index contributed by atoms with van der Waals surface area (Å²) < 4.78 is 1.06. The van der Waals surface area contributed by atoms with Gasteiger partial charge in [0.25, 0.3) is 0 Å². The Morgan fingerprint density at radius 1 is 1.28 bits per heavy atom. The molecule has 0 spiro atoms. The zero-order valence-electron chi connectivity index (χ0n) is 10.3. The minimum absolute atomic E-state index is 0.529. The second-order valence-corrected chi connectivity index (χ2v) is 5.88. The van der Waals surface area contributed by atoms with Crippen LogP contribution in [0.15, 0.2) is 28.7 Å². The highest BCUT2D eigenvalue weighted by Gasteiger charge is 2.38. The van der Waals surface area contributed by atoms with E-state index >= 15 is 0 Å². The Labute approximate surface area is 116 Å². The van der Waals surface area contributed by atoms with Crippen molar-refractivity contribution in [2.75, 3.05) is 13.1 Å². The highest BCUT2D eigenvalue weighted by atomic mass is 79.9. The molecule has 0 amide bonds. The average Bonchev–Trinajstić information content (AvgIpc) is 2.39. The largest absolute Gasteiger partial charge is 0.481 e. The molecule has 0 saturated carbocycles. The highest BCUT2D eigenvalue weighted by molar-refractivity contribution is 9.10. The summed E-state index contributed by atoms with van der Waals surface area (Å²) in [7, 11) is 0. The fraction of sp³-hybridized carbons (Fsp3) is 0.500. The lowest BCUT2D eigenvalue weighted by Gasteiger charge is -2.33. The third kappa shape index (κ3) is 3.12. The standard InChI is InChI=1S/C14H18BrNO2/c15-12-3-1-11(2-4-12)5-6-14(13(17)18)7-9-16-10-8-14/h1-4,16H,5-10H2,(H,17,18). The van der Waals surface area contributed by atoms with E-state index in [-0.39, 0.29) is 0 Å². The molecule has 3 nitrogen and oxygen atoms in total. The fourth-order valence-electron chi connectivity index (χ4n) is 2.51. The summed E-state index contributed by atoms with van der Waals surface area (Å²) in [6.45, 7) is 1.62. The summed E-state index contributed by atoms with van der Waals surface area (Å²) >= 11 is 3.40. The number of carbonyl (C=O) groups is 1. The molecule has 18 heavy (non-hydrogen) atoms. The van der Waals surface area contributed by atoms with Crippen LogP contribution in [0.1, 0.15) is 24.8 Å². The molecule has 1 aromatic carbocycles. The Morgan fingerprint density at radius 2 is 1.89 bits per heavy atom. The zero-order valence-corrected chi connectivity index (χ0v) is 11.9. The number of hydrogen-bond acceptors (Lipinski definition) is 2. The van der Waals surface area contributed by atoms with Crippen molar-refractivity contribution in [3.05, 3.63) is 34.3 Å². The Bertz CT molecular complexity index is 410. The molecule has 0 aliphatic carbocycles. The molecular weight excluding hydrogens is 294 g/mol. The number of halogens is 1. The van der Waals surface area contributed by atoms with Crippen LogP contribution in [0.3, 0.4) is 0 Å². The molecule has 0 unspecified atom stereocenters. The number of carboxylic acids is 1. The summed E-state index contributed by atoms with van der Waals surface area (Å²) in [6.07, 6.45) is 3.03. The topological polar surface area (TPSA) is 49.3 Å². The maximum Gasteiger partial charge on any atom is 0.309 e. The number of carboxylic acid groups (broad SMARTS) is 1. The lowest BCUT2D eigenvalue weighted by Crippen LogP contribution is -2.42. The van der Waals surface area contributed by atoms with Gasteiger partial charge in [0.15, 0.2) is 0 Å². The van der Waals surface area contributed by atoms with Crippen molar-refractivity contribution >= 4 is 21.9 Å². The molecule has 98 valence electrons. The number of rotatable bonds is 4. The van der Waals surface area contributed by atoms with Crippen LogP contribution < -0.4 is 5.32 Å². The maximum absolute atomic E-state index is 11.5. The Hall–Kier alpha value is -0.870. The number of piperidine rings is 1. The van der Waals surface area contributed by atoms with Gasteiger partial charge in [-0.25, -0.2) is 0 Å². The predicted molar refractivity (Wildman–Crippen MR) is 74.6 cm³/mol. The third-order valence-corrected chi connectivity index (χ3v) is 4.35. The summed E-state index contributed by atoms with van der Waals surface area (Å²) in [5, 5.41) is 12.7. The van der Waals surface area contributed by atoms with Crippen molar-refractivity contribution < 1.29 is 9.90 Å². The quantitative estimate of drug-likeness (QED) is 0.899. The van der Waals surface area contributed by atoms with Crippen molar-refractivity contribution in [2.24, 2.45) is 5.41 Å². The molecule has 0 aromatic heterocycles. The summed E-state index contributed by atoms with van der Waals surface area (Å²) in [5.41, 5.74) is 0.676. The van der Waals surface area contributed by atoms with Gasteiger partial charge in [0.2, 0.25) is 0 Å². The van der Waals surface area contributed by atoms with E-state index in [1.165, 1.54) is 5.56 Å². The second-order valence-electron chi connectivity index (χ2n) is 4.96. The summed E-state index contributed by atoms with van der Waals surface area (Å²) in [4.78, 5) is 11.5. The van der Waals surface area contributed by atoms with Crippen LogP contribution in [-0.2, 0) is 11.2 Å². The van der Waals surface area contributed by atoms with Gasteiger partial charge in [-0.15, -0.1) is 0 Å². The van der Waals surface area contributed by atoms with E-state index < -0.39 is 11.4 Å². The van der Waals surface area contributed by atoms with Gasteiger partial charge in [-0.05, 0) is 56.5 Å². The average molecular weight is 312 g/mol. The lowest BCUT2D eigenvalue weighted by molar-refractivity contribution is -0.151. The van der Waals surface area contributed by atoms with Crippen LogP contribution in [-0.4, -0.2) is 24.2 Å². The minimum atomic E-state index is -0.638. The Balaban J connectivity index is 2.01. The highest BCUT2D eigenvalue weighted by Crippen LogP contribution is 2.34. The number of hydrogen-bond donors (Lipinski definition) is 2. The van der Waals surface area contributed by atoms with E-state index in [1.807, 2.05) is 12.1 Å². The first kappa shape index (κ1) is 13.6. The molecule has 0 radical (unpaired) electrons. The summed E-state index contributed by atoms with van der Waals surface area (Å²) in [5.74, 6) is -0.638. The second kappa shape index (κ2) is 5.85. The molecule has 0 bridgehead atoms. The van der Waals surface area contributed by atoms with Crippen molar-refractivity contribution in [3.8, 4) is 0 Å². The molecule has 4 heteroatoms. The maximum atomic E-state index is 11.5. The van der Waals surface area contributed by atoms with Crippen LogP contribution in [0.5, 0.6) is 0 Å². The molecule has 1 aromatic rings. The van der Waals surface area contributed by atoms with Gasteiger partial charge in [-0.3, -0.25) is 4.79 Å². The monoisotopic (exact) mass is 311 g/mol. The molecule has 2 rings (SSSR count). The molecule has 1 heterocycles. The first-order chi connectivity index (χ1) is 8.62. The SMILES string of the molecule is O=C(O)C1(CCc2ccc(Br)cc2)CCNCC1. The zero-order chi connectivity index (χ0) is 13.0. The molecule has 1 aliphatic heterocycles. The minimum Gasteiger partial charge on any atom is -0.481 e. The van der Waals surface area contributed by atoms with E-state index in [1.54, 1.807) is 0 Å². The van der Waals surface area contributed by atoms with Crippen molar-refractivity contribution in [3.63, 3.8) is 0 Å². The van der Waals surface area contributed by atoms with Gasteiger partial charge < -0.3 is 10.4 Å². The van der Waals surface area contributed by atoms with Crippen molar-refractivity contribution in [1.82, 2.24) is 5.32 Å². The first-order valence-corrected chi connectivity index (χ1v) is 7.10. The van der Waals surface area contributed by atoms with E-state index in [0.29, 0.717) is 0 Å². The van der Waals surface area contributed by atoms with Crippen LogP contribution in [0.4, 0.5) is 0 Å². The Kier molecular flexibility index (Phi) is 4.40. The molecular formula is C14H18BrNO2. The molecule has 0 atom stereocenters. The fourth-order valence-corrected chi connectivity index (χ4v) is 2.78. The van der Waals surface area contributed by atoms with Crippen LogP contribution in [0, 0.1) is 5.41 Å².